The lowest BCUT2D eigenvalue weighted by molar-refractivity contribution is 0.0528. The second kappa shape index (κ2) is 3.67. The maximum absolute atomic E-state index is 12.5. The van der Waals surface area contributed by atoms with Crippen LogP contribution >= 0.6 is 0 Å². The third-order valence-corrected chi connectivity index (χ3v) is 4.11. The van der Waals surface area contributed by atoms with Crippen LogP contribution in [-0.2, 0) is 4.74 Å². The first-order valence-electron chi connectivity index (χ1n) is 6.50. The second-order valence-corrected chi connectivity index (χ2v) is 5.20. The molecule has 2 atom stereocenters. The number of fused-ring (bicyclic) bond motifs is 2. The van der Waals surface area contributed by atoms with Crippen LogP contribution in [0.3, 0.4) is 0 Å². The number of benzene rings is 1. The van der Waals surface area contributed by atoms with Crippen LogP contribution in [-0.4, -0.2) is 17.7 Å². The Bertz CT molecular complexity index is 666. The third kappa shape index (κ3) is 1.38. The van der Waals surface area contributed by atoms with E-state index in [0.717, 1.165) is 6.42 Å². The van der Waals surface area contributed by atoms with Crippen LogP contribution in [0.1, 0.15) is 33.6 Å². The highest BCUT2D eigenvalue weighted by atomic mass is 16.5. The molecule has 0 spiro atoms. The number of carbonyl (C=O) groups is 2. The number of allylic oxidation sites excluding steroid dienone is 2. The van der Waals surface area contributed by atoms with Gasteiger partial charge in [-0.05, 0) is 6.42 Å². The van der Waals surface area contributed by atoms with E-state index in [2.05, 4.69) is 12.2 Å². The maximum atomic E-state index is 12.5. The average Bonchev–Trinajstić information content (AvgIpc) is 2.90. The summed E-state index contributed by atoms with van der Waals surface area (Å²) in [6.07, 6.45) is 5.63. The number of hydrogen-bond donors (Lipinski definition) is 0. The van der Waals surface area contributed by atoms with Crippen LogP contribution in [0.4, 0.5) is 0 Å². The normalized spacial score (nSPS) is 27.8. The molecule has 0 bridgehead atoms. The molecule has 1 heterocycles. The molecule has 0 saturated heterocycles. The number of ether oxygens (including phenoxy) is 1. The van der Waals surface area contributed by atoms with Crippen LogP contribution < -0.4 is 0 Å². The van der Waals surface area contributed by atoms with Crippen LogP contribution in [0.15, 0.2) is 47.7 Å². The highest BCUT2D eigenvalue weighted by Gasteiger charge is 2.41. The molecule has 1 aromatic carbocycles. The molecule has 3 heteroatoms. The Morgan fingerprint density at radius 2 is 1.79 bits per heavy atom. The molecule has 0 aromatic heterocycles. The molecule has 3 aliphatic rings. The molecule has 2 aliphatic carbocycles. The van der Waals surface area contributed by atoms with Gasteiger partial charge in [0.05, 0.1) is 0 Å². The Labute approximate surface area is 110 Å². The topological polar surface area (TPSA) is 43.4 Å². The number of ketones is 2. The quantitative estimate of drug-likeness (QED) is 0.667. The number of hydrogen-bond acceptors (Lipinski definition) is 3. The van der Waals surface area contributed by atoms with Crippen molar-refractivity contribution >= 4 is 11.6 Å². The minimum atomic E-state index is -0.143. The van der Waals surface area contributed by atoms with Crippen molar-refractivity contribution < 1.29 is 14.3 Å². The van der Waals surface area contributed by atoms with Crippen molar-refractivity contribution in [3.05, 3.63) is 58.9 Å². The van der Waals surface area contributed by atoms with E-state index in [0.29, 0.717) is 23.1 Å². The van der Waals surface area contributed by atoms with Crippen molar-refractivity contribution in [2.45, 2.75) is 18.9 Å². The molecule has 0 saturated carbocycles. The molecule has 3 nitrogen and oxygen atoms in total. The molecule has 0 radical (unpaired) electrons. The Balaban J connectivity index is 1.85. The van der Waals surface area contributed by atoms with Crippen molar-refractivity contribution in [2.24, 2.45) is 5.92 Å². The Morgan fingerprint density at radius 3 is 2.58 bits per heavy atom. The van der Waals surface area contributed by atoms with Crippen molar-refractivity contribution in [1.29, 1.82) is 0 Å². The van der Waals surface area contributed by atoms with Gasteiger partial charge < -0.3 is 4.74 Å². The molecule has 2 unspecified atom stereocenters. The van der Waals surface area contributed by atoms with E-state index >= 15 is 0 Å². The first-order valence-corrected chi connectivity index (χ1v) is 6.50. The summed E-state index contributed by atoms with van der Waals surface area (Å²) < 4.78 is 5.80. The van der Waals surface area contributed by atoms with E-state index in [1.54, 1.807) is 24.3 Å². The van der Waals surface area contributed by atoms with Crippen molar-refractivity contribution in [3.8, 4) is 0 Å². The average molecular weight is 252 g/mol. The highest BCUT2D eigenvalue weighted by Crippen LogP contribution is 2.40. The summed E-state index contributed by atoms with van der Waals surface area (Å²) in [5.74, 6) is 0.328. The lowest BCUT2D eigenvalue weighted by Gasteiger charge is -2.32. The molecule has 0 N–H and O–H groups in total. The fraction of sp³-hybridized carbons (Fsp3) is 0.250. The molecule has 0 amide bonds. The summed E-state index contributed by atoms with van der Waals surface area (Å²) in [6, 6.07) is 6.98. The minimum absolute atomic E-state index is 0.0285. The van der Waals surface area contributed by atoms with E-state index < -0.39 is 0 Å². The summed E-state index contributed by atoms with van der Waals surface area (Å²) in [7, 11) is 0. The predicted molar refractivity (Wildman–Crippen MR) is 68.9 cm³/mol. The number of rotatable bonds is 0. The van der Waals surface area contributed by atoms with Crippen molar-refractivity contribution in [2.75, 3.05) is 0 Å². The fourth-order valence-electron chi connectivity index (χ4n) is 3.12. The summed E-state index contributed by atoms with van der Waals surface area (Å²) in [4.78, 5) is 24.9. The monoisotopic (exact) mass is 252 g/mol. The largest absolute Gasteiger partial charge is 0.485 e. The van der Waals surface area contributed by atoms with Gasteiger partial charge in [0.2, 0.25) is 5.78 Å². The molecule has 94 valence electrons. The predicted octanol–water partition coefficient (Wildman–Crippen LogP) is 2.68. The zero-order valence-corrected chi connectivity index (χ0v) is 10.3. The number of Topliss-reactive ketones (excluding diaryl/α,β-unsaturated/α-hetero) is 2. The van der Waals surface area contributed by atoms with Crippen LogP contribution in [0.25, 0.3) is 0 Å². The van der Waals surface area contributed by atoms with Gasteiger partial charge in [0.1, 0.15) is 6.10 Å². The lowest BCUT2D eigenvalue weighted by Crippen LogP contribution is -2.33. The molecule has 1 aliphatic heterocycles. The summed E-state index contributed by atoms with van der Waals surface area (Å²) >= 11 is 0. The maximum Gasteiger partial charge on any atom is 0.228 e. The minimum Gasteiger partial charge on any atom is -0.485 e. The Kier molecular flexibility index (Phi) is 2.07. The van der Waals surface area contributed by atoms with E-state index in [9.17, 15) is 9.59 Å². The van der Waals surface area contributed by atoms with Gasteiger partial charge >= 0.3 is 0 Å². The van der Waals surface area contributed by atoms with Crippen LogP contribution in [0, 0.1) is 5.92 Å². The van der Waals surface area contributed by atoms with E-state index in [1.807, 2.05) is 0 Å². The van der Waals surface area contributed by atoms with Crippen LogP contribution in [0.5, 0.6) is 0 Å². The van der Waals surface area contributed by atoms with Gasteiger partial charge in [-0.15, -0.1) is 0 Å². The Morgan fingerprint density at radius 1 is 1.05 bits per heavy atom. The molecular weight excluding hydrogens is 240 g/mol. The van der Waals surface area contributed by atoms with Gasteiger partial charge in [0, 0.05) is 29.0 Å². The molecule has 4 rings (SSSR count). The summed E-state index contributed by atoms with van der Waals surface area (Å²) in [6.45, 7) is 0. The van der Waals surface area contributed by atoms with E-state index in [-0.39, 0.29) is 29.3 Å². The van der Waals surface area contributed by atoms with Crippen molar-refractivity contribution in [1.82, 2.24) is 0 Å². The van der Waals surface area contributed by atoms with Gasteiger partial charge in [0.25, 0.3) is 0 Å². The van der Waals surface area contributed by atoms with Gasteiger partial charge in [0.15, 0.2) is 11.5 Å². The SMILES string of the molecule is O=C1C2=C(OC3CC=CC3C2)C(=O)c2ccccc21. The second-order valence-electron chi connectivity index (χ2n) is 5.20. The lowest BCUT2D eigenvalue weighted by atomic mass is 9.81. The first kappa shape index (κ1) is 10.7. The molecule has 19 heavy (non-hydrogen) atoms. The third-order valence-electron chi connectivity index (χ3n) is 4.11. The van der Waals surface area contributed by atoms with Crippen molar-refractivity contribution in [3.63, 3.8) is 0 Å². The fourth-order valence-corrected chi connectivity index (χ4v) is 3.12. The molecule has 0 fully saturated rings. The van der Waals surface area contributed by atoms with Gasteiger partial charge in [-0.1, -0.05) is 36.4 Å². The summed E-state index contributed by atoms with van der Waals surface area (Å²) in [5, 5.41) is 0. The Hall–Kier alpha value is -2.16. The van der Waals surface area contributed by atoms with E-state index in [4.69, 9.17) is 4.74 Å². The zero-order chi connectivity index (χ0) is 13.0. The first-order chi connectivity index (χ1) is 9.25. The standard InChI is InChI=1S/C16H12O3/c17-14-10-5-1-2-6-11(10)15(18)16-12(14)8-9-4-3-7-13(9)19-16/h1-6,9,13H,7-8H2. The molecular formula is C16H12O3. The zero-order valence-electron chi connectivity index (χ0n) is 10.3. The smallest absolute Gasteiger partial charge is 0.228 e. The van der Waals surface area contributed by atoms with Gasteiger partial charge in [-0.2, -0.15) is 0 Å². The van der Waals surface area contributed by atoms with Gasteiger partial charge in [-0.3, -0.25) is 9.59 Å². The van der Waals surface area contributed by atoms with E-state index in [1.165, 1.54) is 0 Å². The summed E-state index contributed by atoms with van der Waals surface area (Å²) in [5.41, 5.74) is 1.53. The van der Waals surface area contributed by atoms with Gasteiger partial charge in [-0.25, -0.2) is 0 Å². The number of carbonyl (C=O) groups excluding carboxylic acids is 2. The van der Waals surface area contributed by atoms with Crippen LogP contribution in [0.2, 0.25) is 0 Å². The molecule has 1 aromatic rings. The highest BCUT2D eigenvalue weighted by molar-refractivity contribution is 6.26.